The van der Waals surface area contributed by atoms with Gasteiger partial charge in [-0.1, -0.05) is 30.3 Å². The third-order valence-electron chi connectivity index (χ3n) is 3.27. The minimum absolute atomic E-state index is 0.189. The minimum atomic E-state index is -0.189. The fourth-order valence-corrected chi connectivity index (χ4v) is 2.25. The van der Waals surface area contributed by atoms with Crippen molar-refractivity contribution < 1.29 is 4.39 Å². The van der Waals surface area contributed by atoms with Crippen LogP contribution in [-0.4, -0.2) is 16.5 Å². The average Bonchev–Trinajstić information content (AvgIpc) is 2.49. The second kappa shape index (κ2) is 5.75. The van der Waals surface area contributed by atoms with Gasteiger partial charge in [0.05, 0.1) is 5.52 Å². The van der Waals surface area contributed by atoms with Crippen LogP contribution in [-0.2, 0) is 6.42 Å². The van der Waals surface area contributed by atoms with Gasteiger partial charge in [0.15, 0.2) is 0 Å². The Labute approximate surface area is 121 Å². The molecule has 0 aliphatic rings. The highest BCUT2D eigenvalue weighted by Crippen LogP contribution is 2.20. The summed E-state index contributed by atoms with van der Waals surface area (Å²) in [7, 11) is 0. The van der Waals surface area contributed by atoms with E-state index < -0.39 is 0 Å². The predicted octanol–water partition coefficient (Wildman–Crippen LogP) is 3.01. The molecular formula is C16H15FN4. The van der Waals surface area contributed by atoms with Crippen molar-refractivity contribution in [2.24, 2.45) is 0 Å². The number of nitrogens with zero attached hydrogens (tertiary/aromatic N) is 2. The van der Waals surface area contributed by atoms with Crippen LogP contribution in [0, 0.1) is 5.82 Å². The maximum Gasteiger partial charge on any atom is 0.222 e. The number of hydrogen-bond donors (Lipinski definition) is 2. The van der Waals surface area contributed by atoms with Crippen LogP contribution >= 0.6 is 0 Å². The molecule has 106 valence electrons. The van der Waals surface area contributed by atoms with E-state index in [1.54, 1.807) is 12.1 Å². The van der Waals surface area contributed by atoms with E-state index in [4.69, 9.17) is 5.73 Å². The quantitative estimate of drug-likeness (QED) is 0.772. The minimum Gasteiger partial charge on any atom is -0.369 e. The van der Waals surface area contributed by atoms with Crippen molar-refractivity contribution in [3.63, 3.8) is 0 Å². The van der Waals surface area contributed by atoms with E-state index in [1.807, 2.05) is 30.3 Å². The summed E-state index contributed by atoms with van der Waals surface area (Å²) in [6.07, 6.45) is 0.574. The number of nitrogen functional groups attached to an aromatic ring is 1. The van der Waals surface area contributed by atoms with Gasteiger partial charge in [-0.2, -0.15) is 4.98 Å². The van der Waals surface area contributed by atoms with Crippen LogP contribution in [0.4, 0.5) is 16.2 Å². The Hall–Kier alpha value is -2.69. The lowest BCUT2D eigenvalue weighted by Crippen LogP contribution is -2.09. The van der Waals surface area contributed by atoms with Gasteiger partial charge in [-0.3, -0.25) is 0 Å². The van der Waals surface area contributed by atoms with Crippen molar-refractivity contribution in [3.8, 4) is 0 Å². The second-order valence-electron chi connectivity index (χ2n) is 4.72. The summed E-state index contributed by atoms with van der Waals surface area (Å²) < 4.78 is 13.6. The van der Waals surface area contributed by atoms with Gasteiger partial charge >= 0.3 is 0 Å². The number of rotatable bonds is 4. The molecule has 0 saturated heterocycles. The third kappa shape index (κ3) is 2.91. The highest BCUT2D eigenvalue weighted by atomic mass is 19.1. The molecule has 3 N–H and O–H groups in total. The molecule has 0 aliphatic heterocycles. The molecule has 0 fully saturated rings. The highest BCUT2D eigenvalue weighted by molar-refractivity contribution is 5.89. The molecule has 0 unspecified atom stereocenters. The lowest BCUT2D eigenvalue weighted by molar-refractivity contribution is 0.610. The smallest absolute Gasteiger partial charge is 0.222 e. The monoisotopic (exact) mass is 282 g/mol. The summed E-state index contributed by atoms with van der Waals surface area (Å²) in [5, 5.41) is 4.11. The van der Waals surface area contributed by atoms with E-state index in [0.29, 0.717) is 24.3 Å². The molecule has 2 aromatic carbocycles. The number of hydrogen-bond acceptors (Lipinski definition) is 4. The molecular weight excluding hydrogens is 267 g/mol. The number of para-hydroxylation sites is 1. The number of anilines is 2. The lowest BCUT2D eigenvalue weighted by atomic mass is 10.1. The number of nitrogens with one attached hydrogen (secondary N) is 1. The van der Waals surface area contributed by atoms with Crippen LogP contribution < -0.4 is 11.1 Å². The number of fused-ring (bicyclic) bond motifs is 1. The third-order valence-corrected chi connectivity index (χ3v) is 3.27. The Kier molecular flexibility index (Phi) is 3.64. The zero-order valence-corrected chi connectivity index (χ0v) is 11.4. The SMILES string of the molecule is Nc1nc(NCCc2ccccc2F)c2ccccc2n1. The normalized spacial score (nSPS) is 10.7. The van der Waals surface area contributed by atoms with Gasteiger partial charge in [0, 0.05) is 11.9 Å². The summed E-state index contributed by atoms with van der Waals surface area (Å²) in [6, 6.07) is 14.4. The van der Waals surface area contributed by atoms with E-state index in [2.05, 4.69) is 15.3 Å². The standard InChI is InChI=1S/C16H15FN4/c17-13-7-3-1-5-11(13)9-10-19-15-12-6-2-4-8-14(12)20-16(18)21-15/h1-8H,9-10H2,(H3,18,19,20,21). The largest absolute Gasteiger partial charge is 0.369 e. The first kappa shape index (κ1) is 13.3. The average molecular weight is 282 g/mol. The van der Waals surface area contributed by atoms with Crippen LogP contribution in [0.15, 0.2) is 48.5 Å². The van der Waals surface area contributed by atoms with Gasteiger partial charge < -0.3 is 11.1 Å². The lowest BCUT2D eigenvalue weighted by Gasteiger charge is -2.09. The molecule has 1 aromatic heterocycles. The Morgan fingerprint density at radius 2 is 1.76 bits per heavy atom. The molecule has 0 aliphatic carbocycles. The highest BCUT2D eigenvalue weighted by Gasteiger charge is 2.06. The van der Waals surface area contributed by atoms with Crippen LogP contribution in [0.2, 0.25) is 0 Å². The molecule has 3 aromatic rings. The van der Waals surface area contributed by atoms with Gasteiger partial charge in [0.1, 0.15) is 11.6 Å². The molecule has 0 amide bonds. The molecule has 0 spiro atoms. The van der Waals surface area contributed by atoms with Crippen LogP contribution in [0.5, 0.6) is 0 Å². The van der Waals surface area contributed by atoms with Gasteiger partial charge in [0.25, 0.3) is 0 Å². The van der Waals surface area contributed by atoms with Crippen molar-refractivity contribution in [1.29, 1.82) is 0 Å². The maximum atomic E-state index is 13.6. The molecule has 21 heavy (non-hydrogen) atoms. The van der Waals surface area contributed by atoms with E-state index in [9.17, 15) is 4.39 Å². The Bertz CT molecular complexity index is 773. The van der Waals surface area contributed by atoms with Crippen molar-refractivity contribution >= 4 is 22.7 Å². The van der Waals surface area contributed by atoms with Crippen molar-refractivity contribution in [2.45, 2.75) is 6.42 Å². The molecule has 5 heteroatoms. The van der Waals surface area contributed by atoms with Crippen LogP contribution in [0.3, 0.4) is 0 Å². The fourth-order valence-electron chi connectivity index (χ4n) is 2.25. The maximum absolute atomic E-state index is 13.6. The molecule has 0 bridgehead atoms. The van der Waals surface area contributed by atoms with E-state index in [-0.39, 0.29) is 11.8 Å². The predicted molar refractivity (Wildman–Crippen MR) is 82.5 cm³/mol. The molecule has 4 nitrogen and oxygen atoms in total. The van der Waals surface area contributed by atoms with E-state index >= 15 is 0 Å². The number of nitrogens with two attached hydrogens (primary N) is 1. The van der Waals surface area contributed by atoms with Crippen LogP contribution in [0.1, 0.15) is 5.56 Å². The molecule has 0 saturated carbocycles. The first-order chi connectivity index (χ1) is 10.2. The first-order valence-corrected chi connectivity index (χ1v) is 6.73. The van der Waals surface area contributed by atoms with Gasteiger partial charge in [-0.25, -0.2) is 9.37 Å². The van der Waals surface area contributed by atoms with Gasteiger partial charge in [-0.15, -0.1) is 0 Å². The zero-order chi connectivity index (χ0) is 14.7. The summed E-state index contributed by atoms with van der Waals surface area (Å²) in [5.41, 5.74) is 7.18. The van der Waals surface area contributed by atoms with Crippen molar-refractivity contribution in [1.82, 2.24) is 9.97 Å². The van der Waals surface area contributed by atoms with Crippen molar-refractivity contribution in [3.05, 3.63) is 59.9 Å². The fraction of sp³-hybridized carbons (Fsp3) is 0.125. The first-order valence-electron chi connectivity index (χ1n) is 6.73. The molecule has 1 heterocycles. The van der Waals surface area contributed by atoms with Gasteiger partial charge in [0.2, 0.25) is 5.95 Å². The zero-order valence-electron chi connectivity index (χ0n) is 11.4. The number of halogens is 1. The van der Waals surface area contributed by atoms with E-state index in [0.717, 1.165) is 10.9 Å². The Morgan fingerprint density at radius 1 is 1.00 bits per heavy atom. The molecule has 3 rings (SSSR count). The molecule has 0 radical (unpaired) electrons. The van der Waals surface area contributed by atoms with Gasteiger partial charge in [-0.05, 0) is 30.2 Å². The van der Waals surface area contributed by atoms with Crippen molar-refractivity contribution in [2.75, 3.05) is 17.6 Å². The summed E-state index contributed by atoms with van der Waals surface area (Å²) in [6.45, 7) is 0.571. The Balaban J connectivity index is 1.78. The second-order valence-corrected chi connectivity index (χ2v) is 4.72. The summed E-state index contributed by atoms with van der Waals surface area (Å²) in [4.78, 5) is 8.40. The Morgan fingerprint density at radius 3 is 2.62 bits per heavy atom. The number of benzene rings is 2. The molecule has 0 atom stereocenters. The number of aromatic nitrogens is 2. The summed E-state index contributed by atoms with van der Waals surface area (Å²) in [5.74, 6) is 0.711. The topological polar surface area (TPSA) is 63.8 Å². The summed E-state index contributed by atoms with van der Waals surface area (Å²) >= 11 is 0. The van der Waals surface area contributed by atoms with Crippen LogP contribution in [0.25, 0.3) is 10.9 Å². The van der Waals surface area contributed by atoms with E-state index in [1.165, 1.54) is 6.07 Å².